The van der Waals surface area contributed by atoms with Crippen LogP contribution >= 0.6 is 11.8 Å². The van der Waals surface area contributed by atoms with Crippen molar-refractivity contribution >= 4 is 23.8 Å². The molecule has 2 N–H and O–H groups in total. The van der Waals surface area contributed by atoms with Gasteiger partial charge in [-0.3, -0.25) is 4.90 Å². The number of urea groups is 1. The van der Waals surface area contributed by atoms with Gasteiger partial charge in [-0.25, -0.2) is 9.59 Å². The Labute approximate surface area is 117 Å². The van der Waals surface area contributed by atoms with E-state index in [1.165, 1.54) is 19.3 Å². The number of carboxylic acids is 1. The van der Waals surface area contributed by atoms with Crippen LogP contribution in [-0.4, -0.2) is 45.7 Å². The SMILES string of the molecule is O=C(O)C1CSC(C2CC2)N1C(=O)NCC1CCC1. The number of hydrogen-bond acceptors (Lipinski definition) is 3. The highest BCUT2D eigenvalue weighted by Crippen LogP contribution is 2.45. The molecule has 0 aromatic rings. The lowest BCUT2D eigenvalue weighted by molar-refractivity contribution is -0.141. The fourth-order valence-corrected chi connectivity index (χ4v) is 4.37. The summed E-state index contributed by atoms with van der Waals surface area (Å²) >= 11 is 1.62. The second kappa shape index (κ2) is 5.23. The summed E-state index contributed by atoms with van der Waals surface area (Å²) in [6.45, 7) is 0.698. The van der Waals surface area contributed by atoms with E-state index in [1.54, 1.807) is 16.7 Å². The standard InChI is InChI=1S/C13H20N2O3S/c16-12(17)10-7-19-11(9-4-5-9)15(10)13(18)14-6-8-2-1-3-8/h8-11H,1-7H2,(H,14,18)(H,16,17). The number of nitrogens with zero attached hydrogens (tertiary/aromatic N) is 1. The summed E-state index contributed by atoms with van der Waals surface area (Å²) in [6.07, 6.45) is 5.86. The van der Waals surface area contributed by atoms with Crippen LogP contribution in [0.4, 0.5) is 4.79 Å². The first-order valence-electron chi connectivity index (χ1n) is 7.07. The Morgan fingerprint density at radius 1 is 1.26 bits per heavy atom. The Kier molecular flexibility index (Phi) is 3.60. The second-order valence-corrected chi connectivity index (χ2v) is 6.96. The van der Waals surface area contributed by atoms with Crippen molar-refractivity contribution in [1.29, 1.82) is 0 Å². The highest BCUT2D eigenvalue weighted by atomic mass is 32.2. The van der Waals surface area contributed by atoms with Crippen LogP contribution in [0, 0.1) is 11.8 Å². The number of nitrogens with one attached hydrogen (secondary N) is 1. The fourth-order valence-electron chi connectivity index (χ4n) is 2.74. The first-order valence-corrected chi connectivity index (χ1v) is 8.12. The predicted molar refractivity (Wildman–Crippen MR) is 73.0 cm³/mol. The molecule has 5 nitrogen and oxygen atoms in total. The van der Waals surface area contributed by atoms with Crippen molar-refractivity contribution in [1.82, 2.24) is 10.2 Å². The molecule has 3 fully saturated rings. The molecule has 6 heteroatoms. The summed E-state index contributed by atoms with van der Waals surface area (Å²) in [5.74, 6) is 0.743. The van der Waals surface area contributed by atoms with Gasteiger partial charge in [0.2, 0.25) is 0 Å². The summed E-state index contributed by atoms with van der Waals surface area (Å²) in [4.78, 5) is 25.1. The lowest BCUT2D eigenvalue weighted by Gasteiger charge is -2.30. The molecule has 106 valence electrons. The Balaban J connectivity index is 1.62. The molecule has 3 aliphatic rings. The van der Waals surface area contributed by atoms with Crippen LogP contribution in [0.15, 0.2) is 0 Å². The van der Waals surface area contributed by atoms with E-state index in [1.807, 2.05) is 0 Å². The van der Waals surface area contributed by atoms with E-state index >= 15 is 0 Å². The van der Waals surface area contributed by atoms with Crippen molar-refractivity contribution < 1.29 is 14.7 Å². The molecular weight excluding hydrogens is 264 g/mol. The molecule has 0 radical (unpaired) electrons. The van der Waals surface area contributed by atoms with Gasteiger partial charge in [0.05, 0.1) is 5.37 Å². The zero-order valence-corrected chi connectivity index (χ0v) is 11.7. The van der Waals surface area contributed by atoms with Gasteiger partial charge in [0, 0.05) is 12.3 Å². The molecule has 19 heavy (non-hydrogen) atoms. The predicted octanol–water partition coefficient (Wildman–Crippen LogP) is 1.73. The number of carbonyl (C=O) groups excluding carboxylic acids is 1. The third-order valence-corrected chi connectivity index (χ3v) is 5.81. The van der Waals surface area contributed by atoms with Crippen LogP contribution in [-0.2, 0) is 4.79 Å². The summed E-state index contributed by atoms with van der Waals surface area (Å²) in [7, 11) is 0. The van der Waals surface area contributed by atoms with E-state index in [4.69, 9.17) is 0 Å². The van der Waals surface area contributed by atoms with Gasteiger partial charge in [0.15, 0.2) is 0 Å². The van der Waals surface area contributed by atoms with Crippen molar-refractivity contribution in [3.05, 3.63) is 0 Å². The molecule has 1 heterocycles. The van der Waals surface area contributed by atoms with E-state index in [2.05, 4.69) is 5.32 Å². The monoisotopic (exact) mass is 284 g/mol. The Hall–Kier alpha value is -0.910. The maximum absolute atomic E-state index is 12.3. The van der Waals surface area contributed by atoms with Crippen molar-refractivity contribution in [2.24, 2.45) is 11.8 Å². The van der Waals surface area contributed by atoms with Gasteiger partial charge in [0.25, 0.3) is 0 Å². The van der Waals surface area contributed by atoms with Crippen LogP contribution in [0.5, 0.6) is 0 Å². The molecule has 0 aromatic heterocycles. The summed E-state index contributed by atoms with van der Waals surface area (Å²) < 4.78 is 0. The maximum Gasteiger partial charge on any atom is 0.327 e. The van der Waals surface area contributed by atoms with Gasteiger partial charge in [-0.15, -0.1) is 11.8 Å². The lowest BCUT2D eigenvalue weighted by Crippen LogP contribution is -2.51. The van der Waals surface area contributed by atoms with E-state index in [0.29, 0.717) is 24.1 Å². The van der Waals surface area contributed by atoms with Crippen molar-refractivity contribution in [3.8, 4) is 0 Å². The van der Waals surface area contributed by atoms with Crippen molar-refractivity contribution in [3.63, 3.8) is 0 Å². The number of aliphatic carboxylic acids is 1. The van der Waals surface area contributed by atoms with Crippen LogP contribution in [0.3, 0.4) is 0 Å². The molecule has 0 spiro atoms. The second-order valence-electron chi connectivity index (χ2n) is 5.81. The summed E-state index contributed by atoms with van der Waals surface area (Å²) in [5.41, 5.74) is 0. The van der Waals surface area contributed by atoms with Crippen LogP contribution in [0.25, 0.3) is 0 Å². The average molecular weight is 284 g/mol. The van der Waals surface area contributed by atoms with Gasteiger partial charge in [-0.05, 0) is 37.5 Å². The topological polar surface area (TPSA) is 69.6 Å². The molecule has 2 saturated carbocycles. The Morgan fingerprint density at radius 3 is 2.53 bits per heavy atom. The van der Waals surface area contributed by atoms with Gasteiger partial charge < -0.3 is 10.4 Å². The quantitative estimate of drug-likeness (QED) is 0.825. The molecule has 0 bridgehead atoms. The van der Waals surface area contributed by atoms with Crippen molar-refractivity contribution in [2.45, 2.75) is 43.5 Å². The van der Waals surface area contributed by atoms with E-state index in [9.17, 15) is 14.7 Å². The zero-order valence-electron chi connectivity index (χ0n) is 10.9. The number of hydrogen-bond donors (Lipinski definition) is 2. The molecular formula is C13H20N2O3S. The minimum atomic E-state index is -0.880. The smallest absolute Gasteiger partial charge is 0.327 e. The molecule has 3 rings (SSSR count). The first-order chi connectivity index (χ1) is 9.16. The zero-order chi connectivity index (χ0) is 13.4. The molecule has 0 aromatic carbocycles. The minimum Gasteiger partial charge on any atom is -0.480 e. The normalized spacial score (nSPS) is 31.1. The number of carbonyl (C=O) groups is 2. The molecule has 2 unspecified atom stereocenters. The number of rotatable bonds is 4. The molecule has 2 amide bonds. The Morgan fingerprint density at radius 2 is 2.00 bits per heavy atom. The summed E-state index contributed by atoms with van der Waals surface area (Å²) in [5, 5.41) is 12.3. The largest absolute Gasteiger partial charge is 0.480 e. The molecule has 2 atom stereocenters. The molecule has 1 saturated heterocycles. The highest BCUT2D eigenvalue weighted by molar-refractivity contribution is 8.00. The van der Waals surface area contributed by atoms with Crippen LogP contribution in [0.1, 0.15) is 32.1 Å². The number of carboxylic acid groups (broad SMARTS) is 1. The van der Waals surface area contributed by atoms with Gasteiger partial charge in [-0.1, -0.05) is 6.42 Å². The average Bonchev–Trinajstić information content (AvgIpc) is 3.05. The van der Waals surface area contributed by atoms with E-state index < -0.39 is 12.0 Å². The number of thioether (sulfide) groups is 1. The maximum atomic E-state index is 12.3. The van der Waals surface area contributed by atoms with Crippen molar-refractivity contribution in [2.75, 3.05) is 12.3 Å². The third-order valence-electron chi connectivity index (χ3n) is 4.35. The van der Waals surface area contributed by atoms with Gasteiger partial charge in [-0.2, -0.15) is 0 Å². The fraction of sp³-hybridized carbons (Fsp3) is 0.846. The number of amides is 2. The summed E-state index contributed by atoms with van der Waals surface area (Å²) in [6, 6.07) is -0.835. The van der Waals surface area contributed by atoms with Gasteiger partial charge in [0.1, 0.15) is 6.04 Å². The van der Waals surface area contributed by atoms with Crippen LogP contribution < -0.4 is 5.32 Å². The minimum absolute atomic E-state index is 0.0718. The third kappa shape index (κ3) is 2.68. The lowest BCUT2D eigenvalue weighted by atomic mass is 9.85. The van der Waals surface area contributed by atoms with E-state index in [-0.39, 0.29) is 11.4 Å². The Bertz CT molecular complexity index is 382. The molecule has 1 aliphatic heterocycles. The first kappa shape index (κ1) is 13.1. The molecule has 2 aliphatic carbocycles. The van der Waals surface area contributed by atoms with Gasteiger partial charge >= 0.3 is 12.0 Å². The highest BCUT2D eigenvalue weighted by Gasteiger charge is 2.48. The van der Waals surface area contributed by atoms with E-state index in [0.717, 1.165) is 12.8 Å². The van der Waals surface area contributed by atoms with Crippen LogP contribution in [0.2, 0.25) is 0 Å².